The number of benzene rings is 1. The minimum Gasteiger partial charge on any atom is -0.339 e. The Kier molecular flexibility index (Phi) is 3.53. The van der Waals surface area contributed by atoms with Gasteiger partial charge in [-0.2, -0.15) is 0 Å². The molecule has 0 aliphatic carbocycles. The monoisotopic (exact) mass is 375 g/mol. The fraction of sp³-hybridized carbons (Fsp3) is 0. The third-order valence-corrected chi connectivity index (χ3v) is 3.07. The van der Waals surface area contributed by atoms with Crippen molar-refractivity contribution >= 4 is 50.0 Å². The van der Waals surface area contributed by atoms with Gasteiger partial charge in [-0.3, -0.25) is 0 Å². The predicted molar refractivity (Wildman–Crippen MR) is 72.2 cm³/mol. The summed E-state index contributed by atoms with van der Waals surface area (Å²) in [7, 11) is 0. The zero-order valence-electron chi connectivity index (χ0n) is 7.61. The van der Waals surface area contributed by atoms with E-state index in [0.29, 0.717) is 0 Å². The van der Waals surface area contributed by atoms with Crippen molar-refractivity contribution in [1.82, 2.24) is 9.97 Å². The summed E-state index contributed by atoms with van der Waals surface area (Å²) in [6, 6.07) is 8.10. The molecule has 0 atom stereocenters. The number of nitrogens with one attached hydrogen (secondary N) is 1. The second-order valence-electron chi connectivity index (χ2n) is 2.85. The van der Waals surface area contributed by atoms with Gasteiger partial charge in [0.1, 0.15) is 12.1 Å². The second-order valence-corrected chi connectivity index (χ2v) is 4.95. The van der Waals surface area contributed by atoms with Gasteiger partial charge in [-0.15, -0.1) is 0 Å². The minimum atomic E-state index is 0.770. The zero-order valence-corrected chi connectivity index (χ0v) is 11.4. The van der Waals surface area contributed by atoms with Crippen LogP contribution in [0.1, 0.15) is 0 Å². The molecule has 1 aromatic carbocycles. The summed E-state index contributed by atoms with van der Waals surface area (Å²) < 4.78 is 2.06. The Labute approximate surface area is 110 Å². The van der Waals surface area contributed by atoms with Crippen molar-refractivity contribution in [3.05, 3.63) is 44.8 Å². The molecular formula is C10H7BrIN3. The molecule has 0 fully saturated rings. The first kappa shape index (κ1) is 10.8. The molecule has 0 aliphatic rings. The Hall–Kier alpha value is -0.690. The van der Waals surface area contributed by atoms with E-state index in [9.17, 15) is 0 Å². The Balaban J connectivity index is 2.22. The van der Waals surface area contributed by atoms with Gasteiger partial charge in [0.2, 0.25) is 0 Å². The Morgan fingerprint density at radius 1 is 1.20 bits per heavy atom. The average Bonchev–Trinajstić information content (AvgIpc) is 2.25. The van der Waals surface area contributed by atoms with Crippen LogP contribution in [0.5, 0.6) is 0 Å². The van der Waals surface area contributed by atoms with Crippen LogP contribution < -0.4 is 5.32 Å². The summed E-state index contributed by atoms with van der Waals surface area (Å²) in [4.78, 5) is 8.03. The molecule has 0 unspecified atom stereocenters. The summed E-state index contributed by atoms with van der Waals surface area (Å²) in [5.74, 6) is 0.770. The van der Waals surface area contributed by atoms with Crippen LogP contribution >= 0.6 is 38.5 Å². The maximum atomic E-state index is 4.13. The van der Waals surface area contributed by atoms with Gasteiger partial charge >= 0.3 is 0 Å². The lowest BCUT2D eigenvalue weighted by atomic mass is 10.3. The summed E-state index contributed by atoms with van der Waals surface area (Å²) in [5, 5.41) is 3.20. The van der Waals surface area contributed by atoms with Gasteiger partial charge in [0.05, 0.1) is 4.47 Å². The van der Waals surface area contributed by atoms with Crippen LogP contribution in [0.25, 0.3) is 0 Å². The summed E-state index contributed by atoms with van der Waals surface area (Å²) in [6.07, 6.45) is 3.22. The number of hydrogen-bond donors (Lipinski definition) is 1. The molecule has 2 aromatic rings. The van der Waals surface area contributed by atoms with Crippen LogP contribution in [0, 0.1) is 3.57 Å². The maximum Gasteiger partial charge on any atom is 0.148 e. The van der Waals surface area contributed by atoms with E-state index in [2.05, 4.69) is 53.8 Å². The highest BCUT2D eigenvalue weighted by atomic mass is 127. The van der Waals surface area contributed by atoms with Crippen LogP contribution in [0.3, 0.4) is 0 Å². The summed E-state index contributed by atoms with van der Waals surface area (Å²) >= 11 is 5.65. The van der Waals surface area contributed by atoms with Gasteiger partial charge in [0.25, 0.3) is 0 Å². The predicted octanol–water partition coefficient (Wildman–Crippen LogP) is 3.59. The van der Waals surface area contributed by atoms with Gasteiger partial charge in [0, 0.05) is 15.5 Å². The highest BCUT2D eigenvalue weighted by Gasteiger charge is 2.00. The van der Waals surface area contributed by atoms with Crippen molar-refractivity contribution < 1.29 is 0 Å². The summed E-state index contributed by atoms with van der Waals surface area (Å²) in [6.45, 7) is 0. The SMILES string of the molecule is Brc1cncnc1Nc1ccc(I)cc1. The number of anilines is 2. The molecule has 1 N–H and O–H groups in total. The smallest absolute Gasteiger partial charge is 0.148 e. The van der Waals surface area contributed by atoms with Crippen molar-refractivity contribution in [3.63, 3.8) is 0 Å². The quantitative estimate of drug-likeness (QED) is 0.815. The van der Waals surface area contributed by atoms with Crippen molar-refractivity contribution in [1.29, 1.82) is 0 Å². The van der Waals surface area contributed by atoms with Crippen LogP contribution in [0.4, 0.5) is 11.5 Å². The topological polar surface area (TPSA) is 37.8 Å². The molecule has 3 nitrogen and oxygen atoms in total. The normalized spacial score (nSPS) is 10.0. The average molecular weight is 376 g/mol. The molecule has 0 amide bonds. The Bertz CT molecular complexity index is 458. The molecule has 0 aliphatic heterocycles. The molecule has 1 aromatic heterocycles. The second kappa shape index (κ2) is 4.89. The highest BCUT2D eigenvalue weighted by molar-refractivity contribution is 14.1. The molecule has 5 heteroatoms. The molecule has 76 valence electrons. The molecule has 15 heavy (non-hydrogen) atoms. The van der Waals surface area contributed by atoms with E-state index in [-0.39, 0.29) is 0 Å². The van der Waals surface area contributed by atoms with Gasteiger partial charge in [-0.05, 0) is 62.8 Å². The number of halogens is 2. The molecule has 0 spiro atoms. The highest BCUT2D eigenvalue weighted by Crippen LogP contribution is 2.22. The Morgan fingerprint density at radius 3 is 2.60 bits per heavy atom. The lowest BCUT2D eigenvalue weighted by molar-refractivity contribution is 1.15. The van der Waals surface area contributed by atoms with Crippen LogP contribution in [0.2, 0.25) is 0 Å². The first-order valence-corrected chi connectivity index (χ1v) is 6.11. The zero-order chi connectivity index (χ0) is 10.7. The standard InChI is InChI=1S/C10H7BrIN3/c11-9-5-13-6-14-10(9)15-8-3-1-7(12)2-4-8/h1-6H,(H,13,14,15). The minimum absolute atomic E-state index is 0.770. The van der Waals surface area contributed by atoms with Gasteiger partial charge in [-0.25, -0.2) is 9.97 Å². The van der Waals surface area contributed by atoms with E-state index in [0.717, 1.165) is 16.0 Å². The van der Waals surface area contributed by atoms with Crippen molar-refractivity contribution in [2.24, 2.45) is 0 Å². The number of nitrogens with zero attached hydrogens (tertiary/aromatic N) is 2. The molecule has 0 bridgehead atoms. The maximum absolute atomic E-state index is 4.13. The summed E-state index contributed by atoms with van der Waals surface area (Å²) in [5.41, 5.74) is 1.01. The third kappa shape index (κ3) is 2.88. The fourth-order valence-corrected chi connectivity index (χ4v) is 1.75. The van der Waals surface area contributed by atoms with Crippen molar-refractivity contribution in [2.45, 2.75) is 0 Å². The van der Waals surface area contributed by atoms with E-state index >= 15 is 0 Å². The first-order valence-electron chi connectivity index (χ1n) is 4.24. The number of rotatable bonds is 2. The van der Waals surface area contributed by atoms with Crippen LogP contribution in [0.15, 0.2) is 41.3 Å². The first-order chi connectivity index (χ1) is 7.25. The lowest BCUT2D eigenvalue weighted by Crippen LogP contribution is -1.94. The van der Waals surface area contributed by atoms with E-state index in [1.165, 1.54) is 9.90 Å². The fourth-order valence-electron chi connectivity index (χ4n) is 1.07. The molecule has 2 rings (SSSR count). The van der Waals surface area contributed by atoms with Crippen LogP contribution in [-0.4, -0.2) is 9.97 Å². The molecular weight excluding hydrogens is 369 g/mol. The molecule has 0 saturated carbocycles. The molecule has 1 heterocycles. The van der Waals surface area contributed by atoms with Crippen LogP contribution in [-0.2, 0) is 0 Å². The largest absolute Gasteiger partial charge is 0.339 e. The van der Waals surface area contributed by atoms with E-state index in [4.69, 9.17) is 0 Å². The van der Waals surface area contributed by atoms with E-state index in [1.807, 2.05) is 24.3 Å². The third-order valence-electron chi connectivity index (χ3n) is 1.77. The van der Waals surface area contributed by atoms with Gasteiger partial charge < -0.3 is 5.32 Å². The number of hydrogen-bond acceptors (Lipinski definition) is 3. The van der Waals surface area contributed by atoms with Crippen molar-refractivity contribution in [2.75, 3.05) is 5.32 Å². The lowest BCUT2D eigenvalue weighted by Gasteiger charge is -2.06. The molecule has 0 radical (unpaired) electrons. The Morgan fingerprint density at radius 2 is 1.93 bits per heavy atom. The van der Waals surface area contributed by atoms with Crippen molar-refractivity contribution in [3.8, 4) is 0 Å². The van der Waals surface area contributed by atoms with Gasteiger partial charge in [0.15, 0.2) is 0 Å². The van der Waals surface area contributed by atoms with E-state index in [1.54, 1.807) is 6.20 Å². The van der Waals surface area contributed by atoms with Gasteiger partial charge in [-0.1, -0.05) is 0 Å². The number of aromatic nitrogens is 2. The molecule has 0 saturated heterocycles. The van der Waals surface area contributed by atoms with E-state index < -0.39 is 0 Å².